The lowest BCUT2D eigenvalue weighted by Crippen LogP contribution is -2.48. The Morgan fingerprint density at radius 3 is 2.41 bits per heavy atom. The van der Waals surface area contributed by atoms with Gasteiger partial charge in [-0.15, -0.1) is 0 Å². The van der Waals surface area contributed by atoms with Crippen LogP contribution in [-0.4, -0.2) is 59.2 Å². The van der Waals surface area contributed by atoms with Crippen molar-refractivity contribution in [2.75, 3.05) is 24.6 Å². The first-order valence-corrected chi connectivity index (χ1v) is 14.2. The van der Waals surface area contributed by atoms with Crippen LogP contribution in [0.1, 0.15) is 36.5 Å². The maximum atomic E-state index is 12.9. The van der Waals surface area contributed by atoms with Gasteiger partial charge >= 0.3 is 18.2 Å². The molecule has 1 amide bonds. The van der Waals surface area contributed by atoms with Crippen molar-refractivity contribution < 1.29 is 36.4 Å². The van der Waals surface area contributed by atoms with Crippen molar-refractivity contribution in [1.82, 2.24) is 10.6 Å². The second kappa shape index (κ2) is 16.9. The first-order valence-electron chi connectivity index (χ1n) is 12.7. The van der Waals surface area contributed by atoms with E-state index in [-0.39, 0.29) is 31.9 Å². The van der Waals surface area contributed by atoms with E-state index in [1.165, 1.54) is 5.56 Å². The van der Waals surface area contributed by atoms with Crippen LogP contribution in [0.4, 0.5) is 18.0 Å². The molecule has 2 rings (SSSR count). The van der Waals surface area contributed by atoms with Gasteiger partial charge in [-0.25, -0.2) is 9.59 Å². The van der Waals surface area contributed by atoms with E-state index in [2.05, 4.69) is 23.6 Å². The third kappa shape index (κ3) is 13.6. The number of halogens is 3. The maximum Gasteiger partial charge on any atom is 0.408 e. The van der Waals surface area contributed by atoms with E-state index < -0.39 is 53.4 Å². The zero-order valence-electron chi connectivity index (χ0n) is 21.9. The van der Waals surface area contributed by atoms with Crippen LogP contribution in [0, 0.1) is 0 Å². The van der Waals surface area contributed by atoms with Gasteiger partial charge < -0.3 is 25.8 Å². The summed E-state index contributed by atoms with van der Waals surface area (Å²) >= 11 is 0. The molecule has 8 nitrogen and oxygen atoms in total. The van der Waals surface area contributed by atoms with E-state index in [4.69, 9.17) is 15.2 Å². The van der Waals surface area contributed by atoms with E-state index in [0.717, 1.165) is 12.0 Å². The highest BCUT2D eigenvalue weighted by Crippen LogP contribution is 2.21. The number of amides is 1. The van der Waals surface area contributed by atoms with Gasteiger partial charge in [0, 0.05) is 42.6 Å². The molecule has 0 fully saturated rings. The van der Waals surface area contributed by atoms with Gasteiger partial charge in [-0.3, -0.25) is 4.21 Å². The number of esters is 1. The molecule has 216 valence electrons. The lowest BCUT2D eigenvalue weighted by atomic mass is 10.1. The average Bonchev–Trinajstić information content (AvgIpc) is 2.90. The van der Waals surface area contributed by atoms with Gasteiger partial charge in [-0.05, 0) is 29.5 Å². The molecular weight excluding hydrogens is 535 g/mol. The monoisotopic (exact) mass is 571 g/mol. The molecular formula is C27H36F3N3O5S. The second-order valence-electron chi connectivity index (χ2n) is 8.89. The summed E-state index contributed by atoms with van der Waals surface area (Å²) < 4.78 is 60.4. The molecule has 0 aliphatic rings. The Hall–Kier alpha value is -2.96. The summed E-state index contributed by atoms with van der Waals surface area (Å²) in [5, 5.41) is 5.51. The minimum atomic E-state index is -4.37. The van der Waals surface area contributed by atoms with Crippen molar-refractivity contribution in [3.8, 4) is 0 Å². The van der Waals surface area contributed by atoms with Crippen LogP contribution in [0.25, 0.3) is 0 Å². The SMILES string of the molecule is CCc1cccc(CNC[C@H](CN)OC(=O)[C@@H](CS(=O)CCCC(F)(F)F)NC(=O)OCc2ccccc2)c1. The van der Waals surface area contributed by atoms with Gasteiger partial charge in [0.15, 0.2) is 0 Å². The Balaban J connectivity index is 1.95. The number of carbonyl (C=O) groups is 2. The van der Waals surface area contributed by atoms with Gasteiger partial charge in [0.1, 0.15) is 18.8 Å². The van der Waals surface area contributed by atoms with Crippen molar-refractivity contribution in [2.24, 2.45) is 5.73 Å². The third-order valence-corrected chi connectivity index (χ3v) is 7.07. The van der Waals surface area contributed by atoms with E-state index in [1.807, 2.05) is 18.2 Å². The fourth-order valence-electron chi connectivity index (χ4n) is 3.54. The van der Waals surface area contributed by atoms with Crippen LogP contribution < -0.4 is 16.4 Å². The summed E-state index contributed by atoms with van der Waals surface area (Å²) in [7, 11) is -1.83. The molecule has 0 aliphatic heterocycles. The summed E-state index contributed by atoms with van der Waals surface area (Å²) in [4.78, 5) is 25.3. The number of rotatable bonds is 16. The number of nitrogens with two attached hydrogens (primary N) is 1. The first kappa shape index (κ1) is 32.3. The number of carbonyl (C=O) groups excluding carboxylic acids is 2. The Morgan fingerprint density at radius 2 is 1.74 bits per heavy atom. The molecule has 0 radical (unpaired) electrons. The van der Waals surface area contributed by atoms with Gasteiger partial charge in [0.25, 0.3) is 0 Å². The molecule has 2 aromatic rings. The zero-order chi connectivity index (χ0) is 28.7. The Bertz CT molecular complexity index is 1060. The number of alkyl halides is 3. The van der Waals surface area contributed by atoms with E-state index in [9.17, 15) is 27.0 Å². The number of nitrogens with one attached hydrogen (secondary N) is 2. The summed E-state index contributed by atoms with van der Waals surface area (Å²) in [6, 6.07) is 15.4. The van der Waals surface area contributed by atoms with Crippen LogP contribution in [0.15, 0.2) is 54.6 Å². The highest BCUT2D eigenvalue weighted by molar-refractivity contribution is 7.85. The van der Waals surface area contributed by atoms with Crippen LogP contribution in [0.5, 0.6) is 0 Å². The van der Waals surface area contributed by atoms with Crippen molar-refractivity contribution in [1.29, 1.82) is 0 Å². The minimum absolute atomic E-state index is 0.0203. The molecule has 12 heteroatoms. The van der Waals surface area contributed by atoms with Gasteiger partial charge in [0.05, 0.1) is 5.75 Å². The highest BCUT2D eigenvalue weighted by atomic mass is 32.2. The Morgan fingerprint density at radius 1 is 1.05 bits per heavy atom. The van der Waals surface area contributed by atoms with E-state index >= 15 is 0 Å². The fraction of sp³-hybridized carbons (Fsp3) is 0.481. The molecule has 39 heavy (non-hydrogen) atoms. The molecule has 0 heterocycles. The number of hydrogen-bond donors (Lipinski definition) is 3. The largest absolute Gasteiger partial charge is 0.458 e. The smallest absolute Gasteiger partial charge is 0.408 e. The van der Waals surface area contributed by atoms with Crippen molar-refractivity contribution in [3.63, 3.8) is 0 Å². The van der Waals surface area contributed by atoms with Crippen molar-refractivity contribution in [3.05, 3.63) is 71.3 Å². The van der Waals surface area contributed by atoms with Crippen molar-refractivity contribution in [2.45, 2.75) is 57.7 Å². The Labute approximate surface area is 229 Å². The topological polar surface area (TPSA) is 120 Å². The third-order valence-electron chi connectivity index (χ3n) is 5.62. The summed E-state index contributed by atoms with van der Waals surface area (Å²) in [5.74, 6) is -1.62. The minimum Gasteiger partial charge on any atom is -0.458 e. The van der Waals surface area contributed by atoms with Gasteiger partial charge in [-0.2, -0.15) is 13.2 Å². The molecule has 4 N–H and O–H groups in total. The van der Waals surface area contributed by atoms with Crippen LogP contribution in [0.2, 0.25) is 0 Å². The molecule has 0 aliphatic carbocycles. The summed E-state index contributed by atoms with van der Waals surface area (Å²) in [6.07, 6.45) is -6.65. The number of hydrogen-bond acceptors (Lipinski definition) is 7. The second-order valence-corrected chi connectivity index (χ2v) is 10.5. The van der Waals surface area contributed by atoms with Crippen molar-refractivity contribution >= 4 is 22.9 Å². The quantitative estimate of drug-likeness (QED) is 0.264. The van der Waals surface area contributed by atoms with Crippen LogP contribution in [-0.2, 0) is 44.6 Å². The zero-order valence-corrected chi connectivity index (χ0v) is 22.7. The van der Waals surface area contributed by atoms with Gasteiger partial charge in [-0.1, -0.05) is 61.5 Å². The standard InChI is InChI=1S/C27H36F3N3O5S/c1-2-20-10-6-11-22(14-20)16-32-17-23(15-31)38-25(34)24(19-39(36)13-7-12-27(28,29)30)33-26(35)37-18-21-8-4-3-5-9-21/h3-6,8-11,14,23-24,32H,2,7,12-13,15-19,31H2,1H3,(H,33,35)/t23-,24+,39?/m0/s1. The molecule has 3 atom stereocenters. The highest BCUT2D eigenvalue weighted by Gasteiger charge is 2.29. The van der Waals surface area contributed by atoms with E-state index in [0.29, 0.717) is 12.1 Å². The predicted molar refractivity (Wildman–Crippen MR) is 143 cm³/mol. The molecule has 1 unspecified atom stereocenters. The number of aryl methyl sites for hydroxylation is 1. The van der Waals surface area contributed by atoms with Crippen LogP contribution >= 0.6 is 0 Å². The normalized spacial score (nSPS) is 13.8. The van der Waals surface area contributed by atoms with Crippen LogP contribution in [0.3, 0.4) is 0 Å². The maximum absolute atomic E-state index is 12.9. The average molecular weight is 572 g/mol. The molecule has 0 bridgehead atoms. The first-order chi connectivity index (χ1) is 18.6. The number of benzene rings is 2. The molecule has 0 spiro atoms. The molecule has 0 saturated carbocycles. The van der Waals surface area contributed by atoms with E-state index in [1.54, 1.807) is 30.3 Å². The summed E-state index contributed by atoms with van der Waals surface area (Å²) in [6.45, 7) is 2.70. The Kier molecular flexibility index (Phi) is 14.0. The molecule has 2 aromatic carbocycles. The number of ether oxygens (including phenoxy) is 2. The molecule has 0 aromatic heterocycles. The molecule has 0 saturated heterocycles. The lowest BCUT2D eigenvalue weighted by Gasteiger charge is -2.22. The summed E-state index contributed by atoms with van der Waals surface area (Å²) in [5.41, 5.74) is 8.72. The van der Waals surface area contributed by atoms with Gasteiger partial charge in [0.2, 0.25) is 0 Å². The fourth-order valence-corrected chi connectivity index (χ4v) is 4.76. The predicted octanol–water partition coefficient (Wildman–Crippen LogP) is 3.60. The number of alkyl carbamates (subject to hydrolysis) is 1. The lowest BCUT2D eigenvalue weighted by molar-refractivity contribution is -0.150.